The lowest BCUT2D eigenvalue weighted by Crippen LogP contribution is -2.56. The predicted molar refractivity (Wildman–Crippen MR) is 387 cm³/mol. The number of likely N-dealkylation sites (N-methyl/N-ethyl adjacent to an activating group) is 5. The van der Waals surface area contributed by atoms with E-state index in [0.29, 0.717) is 80.9 Å². The third-order valence-corrected chi connectivity index (χ3v) is 23.4. The minimum absolute atomic E-state index is 0.0225. The maximum absolute atomic E-state index is 13.0. The molecule has 2 unspecified atom stereocenters. The fraction of sp³-hybridized carbons (Fsp3) is 0.857. The fourth-order valence-corrected chi connectivity index (χ4v) is 17.5. The van der Waals surface area contributed by atoms with Gasteiger partial charge in [0.25, 0.3) is 0 Å². The monoisotopic (exact) mass is 1400 g/mol. The van der Waals surface area contributed by atoms with Crippen molar-refractivity contribution in [3.63, 3.8) is 0 Å². The smallest absolute Gasteiger partial charge is 0.240 e. The van der Waals surface area contributed by atoms with Crippen molar-refractivity contribution < 1.29 is 62.2 Å². The highest BCUT2D eigenvalue weighted by molar-refractivity contribution is 5.96. The summed E-state index contributed by atoms with van der Waals surface area (Å²) in [6.07, 6.45) is 32.0. The lowest BCUT2D eigenvalue weighted by atomic mass is 9.78. The van der Waals surface area contributed by atoms with Crippen molar-refractivity contribution in [1.82, 2.24) is 51.1 Å². The van der Waals surface area contributed by atoms with Crippen LogP contribution in [0.4, 0.5) is 0 Å². The van der Waals surface area contributed by atoms with E-state index in [1.165, 1.54) is 90.4 Å². The normalized spacial score (nSPS) is 27.8. The van der Waals surface area contributed by atoms with Gasteiger partial charge in [-0.1, -0.05) is 110 Å². The van der Waals surface area contributed by atoms with Crippen LogP contribution in [0.25, 0.3) is 0 Å². The number of amides is 5. The maximum Gasteiger partial charge on any atom is 0.240 e. The molecule has 10 aliphatic rings. The molecule has 0 aromatic carbocycles. The number of rotatable bonds is 21. The summed E-state index contributed by atoms with van der Waals surface area (Å²) in [6, 6.07) is -2.63. The predicted octanol–water partition coefficient (Wildman–Crippen LogP) is 7.16. The summed E-state index contributed by atoms with van der Waals surface area (Å²) in [5.41, 5.74) is 0. The molecule has 5 N–H and O–H groups in total. The minimum atomic E-state index is -0.443. The number of fused-ring (bicyclic) bond motifs is 1. The highest BCUT2D eigenvalue weighted by Crippen LogP contribution is 2.40. The summed E-state index contributed by atoms with van der Waals surface area (Å²) < 4.78 is 10.6. The number of carbonyl (C=O) groups is 11. The first-order valence-electron chi connectivity index (χ1n) is 38.9. The number of morpholine rings is 1. The zero-order chi connectivity index (χ0) is 73.2. The molecule has 568 valence electrons. The Morgan fingerprint density at radius 3 is 1.18 bits per heavy atom. The summed E-state index contributed by atoms with van der Waals surface area (Å²) in [5, 5.41) is 14.9. The molecule has 5 saturated heterocycles. The Hall–Kier alpha value is -4.91. The number of ether oxygens (including phenoxy) is 2. The average Bonchev–Trinajstić information content (AvgIpc) is 1.63. The number of hydrogen-bond donors (Lipinski definition) is 5. The van der Waals surface area contributed by atoms with E-state index in [1.807, 2.05) is 44.8 Å². The van der Waals surface area contributed by atoms with E-state index in [4.69, 9.17) is 9.47 Å². The molecule has 5 heterocycles. The molecule has 0 radical (unpaired) electrons. The Bertz CT molecular complexity index is 2590. The van der Waals surface area contributed by atoms with Gasteiger partial charge < -0.3 is 36.1 Å². The summed E-state index contributed by atoms with van der Waals surface area (Å²) in [5.74, 6) is 3.02. The molecule has 5 saturated carbocycles. The van der Waals surface area contributed by atoms with Crippen molar-refractivity contribution >= 4 is 64.2 Å². The van der Waals surface area contributed by atoms with Crippen LogP contribution in [-0.4, -0.2) is 237 Å². The van der Waals surface area contributed by atoms with Crippen molar-refractivity contribution in [3.05, 3.63) is 0 Å². The quantitative estimate of drug-likeness (QED) is 0.0762. The zero-order valence-corrected chi connectivity index (χ0v) is 63.5. The van der Waals surface area contributed by atoms with Crippen molar-refractivity contribution in [2.75, 3.05) is 88.0 Å². The molecule has 5 aliphatic carbocycles. The Balaban J connectivity index is 0.000000197. The molecule has 0 aromatic rings. The van der Waals surface area contributed by atoms with E-state index in [-0.39, 0.29) is 119 Å². The van der Waals surface area contributed by atoms with Crippen LogP contribution in [-0.2, 0) is 62.2 Å². The molecule has 0 aromatic heterocycles. The number of likely N-dealkylation sites (tertiary alicyclic amines) is 3. The Morgan fingerprint density at radius 1 is 0.400 bits per heavy atom. The van der Waals surface area contributed by atoms with Gasteiger partial charge in [-0.15, -0.1) is 0 Å². The van der Waals surface area contributed by atoms with Crippen LogP contribution in [0.3, 0.4) is 0 Å². The van der Waals surface area contributed by atoms with Crippen molar-refractivity contribution in [2.24, 2.45) is 41.4 Å². The molecular formula is C77H132N10O13. The molecule has 5 aliphatic heterocycles. The van der Waals surface area contributed by atoms with Crippen molar-refractivity contribution in [3.8, 4) is 0 Å². The number of piperidine rings is 1. The van der Waals surface area contributed by atoms with E-state index in [9.17, 15) is 52.7 Å². The number of hydrogen-bond acceptors (Lipinski definition) is 18. The van der Waals surface area contributed by atoms with Crippen LogP contribution in [0.15, 0.2) is 0 Å². The van der Waals surface area contributed by atoms with E-state index < -0.39 is 12.1 Å². The van der Waals surface area contributed by atoms with Gasteiger partial charge in [-0.05, 0) is 201 Å². The lowest BCUT2D eigenvalue weighted by Gasteiger charge is -2.34. The van der Waals surface area contributed by atoms with E-state index in [0.717, 1.165) is 110 Å². The number of Topliss-reactive ketones (excluding diaryl/α,β-unsaturated/α-hetero) is 6. The summed E-state index contributed by atoms with van der Waals surface area (Å²) in [4.78, 5) is 143. The number of carbonyl (C=O) groups excluding carboxylic acids is 11. The van der Waals surface area contributed by atoms with Gasteiger partial charge in [0.15, 0.2) is 28.9 Å². The van der Waals surface area contributed by atoms with Crippen LogP contribution in [0.2, 0.25) is 0 Å². The van der Waals surface area contributed by atoms with Gasteiger partial charge in [0, 0.05) is 19.5 Å². The zero-order valence-electron chi connectivity index (χ0n) is 63.5. The standard InChI is InChI=1S/C19H32N2O2.C16H28N2O2.C15H26N2O3.C14H24N2O3.C13H22N2O3/c1-13(22)17(14-8-4-3-5-9-14)20-19(23)18-16-11-7-6-10-15(16)12-21(18)2;1-12(19)15(13-8-4-3-5-9-13)17-16(20)14-10-6-7-11-18(14)2;1-11(18)14(12-6-4-3-5-7-12)16-15(19)13-10-20-9-8-17(13)2;1-10(17)13(11-6-4-3-5-7-11)15-14(18)12-8-19-9-16(12)2;1-8(2)5-11(9(3)16)14-13(18)12-6-10(17)7-15(12)4/h14-18H,3-12H2,1-2H3,(H,20,23);13-15H,3-11H2,1-2H3,(H,17,20);12-14H,3-10H2,1-2H3,(H,16,19);11-13H,3-9H2,1-2H3,(H,15,18);8,11-12H,5-7H2,1-4H3,(H,14,18)/t15?,16?,17-,18+;14-,15+;13-,14+;12-,13+;11-,12-/m10000/s1. The van der Waals surface area contributed by atoms with Crippen LogP contribution < -0.4 is 26.6 Å². The molecule has 10 rings (SSSR count). The average molecular weight is 1410 g/mol. The molecule has 100 heavy (non-hydrogen) atoms. The molecule has 0 spiro atoms. The second-order valence-corrected chi connectivity index (χ2v) is 31.9. The van der Waals surface area contributed by atoms with Gasteiger partial charge in [-0.3, -0.25) is 77.2 Å². The largest absolute Gasteiger partial charge is 0.378 e. The Morgan fingerprint density at radius 2 is 0.790 bits per heavy atom. The Kier molecular flexibility index (Phi) is 35.9. The van der Waals surface area contributed by atoms with Gasteiger partial charge in [0.05, 0.1) is 81.4 Å². The van der Waals surface area contributed by atoms with Crippen LogP contribution >= 0.6 is 0 Å². The van der Waals surface area contributed by atoms with Crippen LogP contribution in [0, 0.1) is 41.4 Å². The first-order valence-corrected chi connectivity index (χ1v) is 38.9. The number of nitrogens with zero attached hydrogens (tertiary/aromatic N) is 5. The molecular weight excluding hydrogens is 1270 g/mol. The van der Waals surface area contributed by atoms with E-state index in [2.05, 4.69) is 43.4 Å². The third kappa shape index (κ3) is 26.0. The van der Waals surface area contributed by atoms with Gasteiger partial charge in [0.2, 0.25) is 29.5 Å². The summed E-state index contributed by atoms with van der Waals surface area (Å²) in [6.45, 7) is 17.0. The molecule has 0 bridgehead atoms. The van der Waals surface area contributed by atoms with E-state index >= 15 is 0 Å². The molecule has 23 heteroatoms. The van der Waals surface area contributed by atoms with Crippen LogP contribution in [0.1, 0.15) is 235 Å². The van der Waals surface area contributed by atoms with Gasteiger partial charge in [-0.25, -0.2) is 0 Å². The Labute approximate surface area is 599 Å². The highest BCUT2D eigenvalue weighted by atomic mass is 16.5. The van der Waals surface area contributed by atoms with Crippen molar-refractivity contribution in [2.45, 2.75) is 295 Å². The summed E-state index contributed by atoms with van der Waals surface area (Å²) in [7, 11) is 9.62. The van der Waals surface area contributed by atoms with Gasteiger partial charge in [-0.2, -0.15) is 0 Å². The van der Waals surface area contributed by atoms with E-state index in [1.54, 1.807) is 39.6 Å². The fourth-order valence-electron chi connectivity index (χ4n) is 17.5. The number of nitrogens with one attached hydrogen (secondary N) is 5. The first kappa shape index (κ1) is 84.0. The topological polar surface area (TPSA) is 283 Å². The van der Waals surface area contributed by atoms with Gasteiger partial charge >= 0.3 is 0 Å². The second-order valence-electron chi connectivity index (χ2n) is 31.9. The van der Waals surface area contributed by atoms with Crippen molar-refractivity contribution in [1.29, 1.82) is 0 Å². The van der Waals surface area contributed by atoms with Gasteiger partial charge in [0.1, 0.15) is 17.9 Å². The highest BCUT2D eigenvalue weighted by Gasteiger charge is 2.46. The SMILES string of the molecule is CC(=O)[C@@H](NC(=O)[C@@H]1C2CCCCC2CN1C)C1CCCCC1.CC(=O)[C@@H](NC(=O)[C@@H]1CCCCN1C)C1CCCCC1.CC(=O)[C@@H](NC(=O)[C@@H]1COCCN1C)C1CCCCC1.CC(=O)[C@@H](NC(=O)[C@@H]1COCN1C)C1CCCCC1.CC(=O)[C@H](CC(C)C)NC(=O)[C@@H]1CC(=O)CN1C. The maximum atomic E-state index is 13.0. The van der Waals surface area contributed by atoms with Crippen LogP contribution in [0.5, 0.6) is 0 Å². The molecule has 12 atom stereocenters. The molecule has 23 nitrogen and oxygen atoms in total. The molecule has 10 fully saturated rings. The molecule has 5 amide bonds. The minimum Gasteiger partial charge on any atom is -0.378 e. The number of ketones is 6. The second kappa shape index (κ2) is 42.8. The summed E-state index contributed by atoms with van der Waals surface area (Å²) >= 11 is 0. The first-order chi connectivity index (χ1) is 47.7. The lowest BCUT2D eigenvalue weighted by molar-refractivity contribution is -0.135. The third-order valence-electron chi connectivity index (χ3n) is 23.4.